The maximum absolute atomic E-state index is 5.08. The molecule has 0 saturated heterocycles. The molecule has 1 aromatic rings. The number of nitrogens with one attached hydrogen (secondary N) is 1. The lowest BCUT2D eigenvalue weighted by atomic mass is 10.2. The zero-order valence-electron chi connectivity index (χ0n) is 8.08. The van der Waals surface area contributed by atoms with Crippen molar-refractivity contribution in [2.75, 3.05) is 0 Å². The van der Waals surface area contributed by atoms with Gasteiger partial charge in [-0.3, -0.25) is 0 Å². The molecular weight excluding hydrogens is 166 g/mol. The molecule has 0 unspecified atom stereocenters. The molecule has 1 aromatic heterocycles. The molecule has 0 radical (unpaired) electrons. The van der Waals surface area contributed by atoms with Gasteiger partial charge in [-0.2, -0.15) is 4.98 Å². The predicted molar refractivity (Wildman–Crippen MR) is 48.2 cm³/mol. The minimum Gasteiger partial charge on any atom is -0.339 e. The van der Waals surface area contributed by atoms with Crippen LogP contribution in [0.4, 0.5) is 0 Å². The SMILES string of the molecule is CC(C)c1nc(CNC2CC2)no1. The average Bonchev–Trinajstić information content (AvgIpc) is 2.79. The van der Waals surface area contributed by atoms with Crippen LogP contribution in [0.25, 0.3) is 0 Å². The first-order chi connectivity index (χ1) is 6.25. The van der Waals surface area contributed by atoms with Crippen molar-refractivity contribution in [3.63, 3.8) is 0 Å². The summed E-state index contributed by atoms with van der Waals surface area (Å²) in [6.07, 6.45) is 2.57. The lowest BCUT2D eigenvalue weighted by Gasteiger charge is -1.95. The van der Waals surface area contributed by atoms with Crippen LogP contribution in [0.5, 0.6) is 0 Å². The Morgan fingerprint density at radius 2 is 2.31 bits per heavy atom. The maximum Gasteiger partial charge on any atom is 0.229 e. The summed E-state index contributed by atoms with van der Waals surface area (Å²) in [4.78, 5) is 4.27. The van der Waals surface area contributed by atoms with Crippen LogP contribution in [0.15, 0.2) is 4.52 Å². The Morgan fingerprint density at radius 3 is 2.85 bits per heavy atom. The third kappa shape index (κ3) is 2.28. The zero-order chi connectivity index (χ0) is 9.26. The molecule has 1 aliphatic carbocycles. The second-order valence-corrected chi connectivity index (χ2v) is 3.86. The molecule has 0 bridgehead atoms. The Kier molecular flexibility index (Phi) is 2.31. The third-order valence-corrected chi connectivity index (χ3v) is 2.10. The van der Waals surface area contributed by atoms with E-state index in [9.17, 15) is 0 Å². The highest BCUT2D eigenvalue weighted by molar-refractivity contribution is 4.92. The Morgan fingerprint density at radius 1 is 1.54 bits per heavy atom. The first kappa shape index (κ1) is 8.69. The molecule has 1 aliphatic rings. The van der Waals surface area contributed by atoms with E-state index in [1.54, 1.807) is 0 Å². The molecule has 0 aromatic carbocycles. The smallest absolute Gasteiger partial charge is 0.229 e. The maximum atomic E-state index is 5.08. The van der Waals surface area contributed by atoms with Gasteiger partial charge in [0.1, 0.15) is 0 Å². The summed E-state index contributed by atoms with van der Waals surface area (Å²) in [6.45, 7) is 4.83. The van der Waals surface area contributed by atoms with Gasteiger partial charge in [0.25, 0.3) is 0 Å². The monoisotopic (exact) mass is 181 g/mol. The van der Waals surface area contributed by atoms with Crippen LogP contribution >= 0.6 is 0 Å². The minimum absolute atomic E-state index is 0.321. The van der Waals surface area contributed by atoms with E-state index in [0.29, 0.717) is 12.0 Å². The number of nitrogens with zero attached hydrogens (tertiary/aromatic N) is 2. The van der Waals surface area contributed by atoms with E-state index in [1.165, 1.54) is 12.8 Å². The van der Waals surface area contributed by atoms with E-state index in [4.69, 9.17) is 4.52 Å². The van der Waals surface area contributed by atoms with Gasteiger partial charge in [-0.15, -0.1) is 0 Å². The van der Waals surface area contributed by atoms with Crippen molar-refractivity contribution in [1.29, 1.82) is 0 Å². The van der Waals surface area contributed by atoms with Crippen LogP contribution in [0.1, 0.15) is 44.3 Å². The van der Waals surface area contributed by atoms with Crippen molar-refractivity contribution < 1.29 is 4.52 Å². The van der Waals surface area contributed by atoms with Crippen molar-refractivity contribution >= 4 is 0 Å². The molecule has 4 heteroatoms. The molecule has 1 fully saturated rings. The highest BCUT2D eigenvalue weighted by Gasteiger charge is 2.21. The van der Waals surface area contributed by atoms with Crippen molar-refractivity contribution in [2.24, 2.45) is 0 Å². The summed E-state index contributed by atoms with van der Waals surface area (Å²) in [5.41, 5.74) is 0. The zero-order valence-corrected chi connectivity index (χ0v) is 8.08. The predicted octanol–water partition coefficient (Wildman–Crippen LogP) is 1.45. The second-order valence-electron chi connectivity index (χ2n) is 3.86. The summed E-state index contributed by atoms with van der Waals surface area (Å²) in [5, 5.41) is 7.23. The van der Waals surface area contributed by atoms with Crippen molar-refractivity contribution in [1.82, 2.24) is 15.5 Å². The molecular formula is C9H15N3O. The van der Waals surface area contributed by atoms with E-state index in [0.717, 1.165) is 18.3 Å². The average molecular weight is 181 g/mol. The Hall–Kier alpha value is -0.900. The summed E-state index contributed by atoms with van der Waals surface area (Å²) < 4.78 is 5.08. The largest absolute Gasteiger partial charge is 0.339 e. The minimum atomic E-state index is 0.321. The number of rotatable bonds is 4. The van der Waals surface area contributed by atoms with Gasteiger partial charge in [0.05, 0.1) is 6.54 Å². The van der Waals surface area contributed by atoms with Crippen molar-refractivity contribution in [2.45, 2.75) is 45.2 Å². The molecule has 0 aliphatic heterocycles. The van der Waals surface area contributed by atoms with Gasteiger partial charge in [0, 0.05) is 12.0 Å². The molecule has 1 heterocycles. The molecule has 0 amide bonds. The van der Waals surface area contributed by atoms with E-state index in [-0.39, 0.29) is 0 Å². The van der Waals surface area contributed by atoms with Gasteiger partial charge >= 0.3 is 0 Å². The lowest BCUT2D eigenvalue weighted by Crippen LogP contribution is -2.16. The van der Waals surface area contributed by atoms with Crippen LogP contribution in [0.3, 0.4) is 0 Å². The van der Waals surface area contributed by atoms with Crippen molar-refractivity contribution in [3.8, 4) is 0 Å². The fourth-order valence-electron chi connectivity index (χ4n) is 1.10. The molecule has 1 saturated carbocycles. The van der Waals surface area contributed by atoms with E-state index in [2.05, 4.69) is 15.5 Å². The Labute approximate surface area is 77.7 Å². The van der Waals surface area contributed by atoms with Gasteiger partial charge in [0.15, 0.2) is 5.82 Å². The van der Waals surface area contributed by atoms with Crippen LogP contribution in [-0.2, 0) is 6.54 Å². The van der Waals surface area contributed by atoms with Crippen LogP contribution in [0.2, 0.25) is 0 Å². The van der Waals surface area contributed by atoms with Crippen molar-refractivity contribution in [3.05, 3.63) is 11.7 Å². The highest BCUT2D eigenvalue weighted by Crippen LogP contribution is 2.19. The molecule has 13 heavy (non-hydrogen) atoms. The summed E-state index contributed by atoms with van der Waals surface area (Å²) >= 11 is 0. The summed E-state index contributed by atoms with van der Waals surface area (Å²) in [5.74, 6) is 1.82. The van der Waals surface area contributed by atoms with Crippen LogP contribution in [-0.4, -0.2) is 16.2 Å². The fraction of sp³-hybridized carbons (Fsp3) is 0.778. The Bertz CT molecular complexity index is 278. The molecule has 0 spiro atoms. The van der Waals surface area contributed by atoms with Gasteiger partial charge < -0.3 is 9.84 Å². The van der Waals surface area contributed by atoms with Gasteiger partial charge in [-0.1, -0.05) is 19.0 Å². The third-order valence-electron chi connectivity index (χ3n) is 2.10. The molecule has 1 N–H and O–H groups in total. The highest BCUT2D eigenvalue weighted by atomic mass is 16.5. The first-order valence-electron chi connectivity index (χ1n) is 4.81. The molecule has 72 valence electrons. The first-order valence-corrected chi connectivity index (χ1v) is 4.81. The van der Waals surface area contributed by atoms with E-state index < -0.39 is 0 Å². The standard InChI is InChI=1S/C9H15N3O/c1-6(2)9-11-8(12-13-9)5-10-7-3-4-7/h6-7,10H,3-5H2,1-2H3. The number of hydrogen-bond acceptors (Lipinski definition) is 4. The molecule has 2 rings (SSSR count). The van der Waals surface area contributed by atoms with Gasteiger partial charge in [-0.05, 0) is 12.8 Å². The Balaban J connectivity index is 1.88. The van der Waals surface area contributed by atoms with E-state index in [1.807, 2.05) is 13.8 Å². The second kappa shape index (κ2) is 3.46. The topological polar surface area (TPSA) is 51.0 Å². The number of aromatic nitrogens is 2. The van der Waals surface area contributed by atoms with Crippen LogP contribution < -0.4 is 5.32 Å². The lowest BCUT2D eigenvalue weighted by molar-refractivity contribution is 0.359. The molecule has 4 nitrogen and oxygen atoms in total. The van der Waals surface area contributed by atoms with Gasteiger partial charge in [0.2, 0.25) is 5.89 Å². The van der Waals surface area contributed by atoms with E-state index >= 15 is 0 Å². The fourth-order valence-corrected chi connectivity index (χ4v) is 1.10. The normalized spacial score (nSPS) is 16.8. The van der Waals surface area contributed by atoms with Crippen LogP contribution in [0, 0.1) is 0 Å². The molecule has 0 atom stereocenters. The quantitative estimate of drug-likeness (QED) is 0.763. The van der Waals surface area contributed by atoms with Gasteiger partial charge in [-0.25, -0.2) is 0 Å². The summed E-state index contributed by atoms with van der Waals surface area (Å²) in [7, 11) is 0. The summed E-state index contributed by atoms with van der Waals surface area (Å²) in [6, 6.07) is 0.695. The number of hydrogen-bond donors (Lipinski definition) is 1.